The molecule has 0 saturated carbocycles. The lowest BCUT2D eigenvalue weighted by Gasteiger charge is -2.07. The van der Waals surface area contributed by atoms with Crippen LogP contribution in [0.5, 0.6) is 5.88 Å². The van der Waals surface area contributed by atoms with Crippen molar-refractivity contribution in [3.05, 3.63) is 40.5 Å². The Labute approximate surface area is 104 Å². The molecule has 0 atom stereocenters. The van der Waals surface area contributed by atoms with Crippen molar-refractivity contribution in [3.8, 4) is 11.6 Å². The summed E-state index contributed by atoms with van der Waals surface area (Å²) < 4.78 is 6.91. The van der Waals surface area contributed by atoms with E-state index in [-0.39, 0.29) is 6.61 Å². The van der Waals surface area contributed by atoms with Crippen LogP contribution in [0, 0.1) is 6.92 Å². The van der Waals surface area contributed by atoms with E-state index in [1.54, 1.807) is 23.9 Å². The third kappa shape index (κ3) is 2.14. The summed E-state index contributed by atoms with van der Waals surface area (Å²) in [5, 5.41) is 14.3. The van der Waals surface area contributed by atoms with Gasteiger partial charge in [-0.15, -0.1) is 0 Å². The van der Waals surface area contributed by atoms with Gasteiger partial charge in [0.2, 0.25) is 5.88 Å². The number of hydrogen-bond acceptors (Lipinski definition) is 3. The maximum absolute atomic E-state index is 9.29. The summed E-state index contributed by atoms with van der Waals surface area (Å²) in [5.74, 6) is 0.535. The lowest BCUT2D eigenvalue weighted by atomic mass is 10.2. The monoisotopic (exact) mass is 252 g/mol. The second-order valence-corrected chi connectivity index (χ2v) is 4.06. The van der Waals surface area contributed by atoms with Crippen LogP contribution in [-0.4, -0.2) is 22.0 Å². The molecule has 1 heterocycles. The molecule has 1 N–H and O–H groups in total. The molecule has 2 aromatic rings. The fourth-order valence-corrected chi connectivity index (χ4v) is 1.90. The highest BCUT2D eigenvalue weighted by atomic mass is 35.5. The molecule has 4 nitrogen and oxygen atoms in total. The Kier molecular flexibility index (Phi) is 3.36. The van der Waals surface area contributed by atoms with Crippen LogP contribution in [0.2, 0.25) is 5.02 Å². The number of aliphatic hydroxyl groups is 1. The van der Waals surface area contributed by atoms with E-state index in [1.807, 2.05) is 19.1 Å². The summed E-state index contributed by atoms with van der Waals surface area (Å²) in [4.78, 5) is 0. The first-order chi connectivity index (χ1) is 8.17. The van der Waals surface area contributed by atoms with E-state index in [4.69, 9.17) is 16.3 Å². The number of rotatable bonds is 3. The maximum Gasteiger partial charge on any atom is 0.222 e. The van der Waals surface area contributed by atoms with Gasteiger partial charge in [0.15, 0.2) is 0 Å². The average molecular weight is 253 g/mol. The van der Waals surface area contributed by atoms with Gasteiger partial charge in [0.05, 0.1) is 30.7 Å². The number of aryl methyl sites for hydroxylation is 1. The topological polar surface area (TPSA) is 47.3 Å². The van der Waals surface area contributed by atoms with Crippen LogP contribution >= 0.6 is 11.6 Å². The standard InChI is InChI=1S/C12H13ClN2O2/c1-8-11(7-16)12(17-2)15(14-8)10-5-3-4-9(13)6-10/h3-6,16H,7H2,1-2H3. The number of aliphatic hydroxyl groups excluding tert-OH is 1. The lowest BCUT2D eigenvalue weighted by Crippen LogP contribution is -2.00. The van der Waals surface area contributed by atoms with Crippen molar-refractivity contribution in [3.63, 3.8) is 0 Å². The molecule has 0 aliphatic rings. The Morgan fingerprint density at radius 2 is 2.24 bits per heavy atom. The fourth-order valence-electron chi connectivity index (χ4n) is 1.71. The molecule has 0 radical (unpaired) electrons. The largest absolute Gasteiger partial charge is 0.481 e. The minimum Gasteiger partial charge on any atom is -0.481 e. The molecule has 1 aromatic heterocycles. The lowest BCUT2D eigenvalue weighted by molar-refractivity contribution is 0.271. The van der Waals surface area contributed by atoms with Crippen molar-refractivity contribution >= 4 is 11.6 Å². The molecule has 90 valence electrons. The Balaban J connectivity index is 2.59. The van der Waals surface area contributed by atoms with E-state index >= 15 is 0 Å². The van der Waals surface area contributed by atoms with Crippen molar-refractivity contribution in [2.45, 2.75) is 13.5 Å². The summed E-state index contributed by atoms with van der Waals surface area (Å²) in [7, 11) is 1.55. The zero-order valence-corrected chi connectivity index (χ0v) is 10.4. The third-order valence-corrected chi connectivity index (χ3v) is 2.78. The molecule has 0 unspecified atom stereocenters. The first kappa shape index (κ1) is 12.0. The van der Waals surface area contributed by atoms with Crippen LogP contribution in [0.4, 0.5) is 0 Å². The highest BCUT2D eigenvalue weighted by Crippen LogP contribution is 2.26. The van der Waals surface area contributed by atoms with E-state index < -0.39 is 0 Å². The van der Waals surface area contributed by atoms with E-state index in [9.17, 15) is 5.11 Å². The number of nitrogens with zero attached hydrogens (tertiary/aromatic N) is 2. The summed E-state index contributed by atoms with van der Waals surface area (Å²) >= 11 is 5.94. The normalized spacial score (nSPS) is 10.6. The average Bonchev–Trinajstić information content (AvgIpc) is 2.65. The molecule has 2 rings (SSSR count). The molecule has 5 heteroatoms. The van der Waals surface area contributed by atoms with Gasteiger partial charge in [0.25, 0.3) is 0 Å². The van der Waals surface area contributed by atoms with Crippen LogP contribution in [0.25, 0.3) is 5.69 Å². The van der Waals surface area contributed by atoms with Crippen molar-refractivity contribution in [1.29, 1.82) is 0 Å². The quantitative estimate of drug-likeness (QED) is 0.912. The SMILES string of the molecule is COc1c(CO)c(C)nn1-c1cccc(Cl)c1. The maximum atomic E-state index is 9.29. The summed E-state index contributed by atoms with van der Waals surface area (Å²) in [6.07, 6.45) is 0. The summed E-state index contributed by atoms with van der Waals surface area (Å²) in [6, 6.07) is 7.30. The molecule has 0 aliphatic heterocycles. The molecule has 0 amide bonds. The van der Waals surface area contributed by atoms with Gasteiger partial charge < -0.3 is 9.84 Å². The second kappa shape index (κ2) is 4.77. The number of hydrogen-bond donors (Lipinski definition) is 1. The first-order valence-electron chi connectivity index (χ1n) is 5.16. The number of halogens is 1. The van der Waals surface area contributed by atoms with Crippen LogP contribution in [0.1, 0.15) is 11.3 Å². The fraction of sp³-hybridized carbons (Fsp3) is 0.250. The minimum absolute atomic E-state index is 0.102. The Morgan fingerprint density at radius 3 is 2.82 bits per heavy atom. The Bertz CT molecular complexity index is 537. The van der Waals surface area contributed by atoms with Crippen molar-refractivity contribution < 1.29 is 9.84 Å². The molecule has 0 spiro atoms. The van der Waals surface area contributed by atoms with Crippen LogP contribution in [-0.2, 0) is 6.61 Å². The van der Waals surface area contributed by atoms with Gasteiger partial charge in [-0.2, -0.15) is 5.10 Å². The van der Waals surface area contributed by atoms with E-state index in [2.05, 4.69) is 5.10 Å². The first-order valence-corrected chi connectivity index (χ1v) is 5.54. The van der Waals surface area contributed by atoms with Gasteiger partial charge in [0.1, 0.15) is 0 Å². The van der Waals surface area contributed by atoms with E-state index in [1.165, 1.54) is 0 Å². The Morgan fingerprint density at radius 1 is 1.47 bits per heavy atom. The highest BCUT2D eigenvalue weighted by molar-refractivity contribution is 6.30. The van der Waals surface area contributed by atoms with E-state index in [0.29, 0.717) is 16.5 Å². The summed E-state index contributed by atoms with van der Waals surface area (Å²) in [5.41, 5.74) is 2.23. The van der Waals surface area contributed by atoms with Gasteiger partial charge in [0, 0.05) is 5.02 Å². The molecule has 0 aliphatic carbocycles. The van der Waals surface area contributed by atoms with Gasteiger partial charge in [-0.3, -0.25) is 0 Å². The van der Waals surface area contributed by atoms with Crippen molar-refractivity contribution in [2.75, 3.05) is 7.11 Å². The number of benzene rings is 1. The predicted octanol–water partition coefficient (Wildman–Crippen LogP) is 2.34. The molecule has 0 bridgehead atoms. The zero-order chi connectivity index (χ0) is 12.4. The number of methoxy groups -OCH3 is 1. The number of ether oxygens (including phenoxy) is 1. The highest BCUT2D eigenvalue weighted by Gasteiger charge is 2.16. The number of aromatic nitrogens is 2. The van der Waals surface area contributed by atoms with Crippen LogP contribution < -0.4 is 4.74 Å². The van der Waals surface area contributed by atoms with Gasteiger partial charge in [-0.25, -0.2) is 4.68 Å². The third-order valence-electron chi connectivity index (χ3n) is 2.54. The molecule has 1 aromatic carbocycles. The Hall–Kier alpha value is -1.52. The zero-order valence-electron chi connectivity index (χ0n) is 9.64. The second-order valence-electron chi connectivity index (χ2n) is 3.62. The molecular weight excluding hydrogens is 240 g/mol. The molecule has 17 heavy (non-hydrogen) atoms. The predicted molar refractivity (Wildman–Crippen MR) is 65.8 cm³/mol. The van der Waals surface area contributed by atoms with Crippen molar-refractivity contribution in [1.82, 2.24) is 9.78 Å². The summed E-state index contributed by atoms with van der Waals surface area (Å²) in [6.45, 7) is 1.73. The smallest absolute Gasteiger partial charge is 0.222 e. The van der Waals surface area contributed by atoms with Crippen LogP contribution in [0.3, 0.4) is 0 Å². The molecule has 0 saturated heterocycles. The van der Waals surface area contributed by atoms with E-state index in [0.717, 1.165) is 11.4 Å². The van der Waals surface area contributed by atoms with Gasteiger partial charge in [-0.1, -0.05) is 17.7 Å². The van der Waals surface area contributed by atoms with Crippen LogP contribution in [0.15, 0.2) is 24.3 Å². The van der Waals surface area contributed by atoms with Crippen molar-refractivity contribution in [2.24, 2.45) is 0 Å². The molecular formula is C12H13ClN2O2. The van der Waals surface area contributed by atoms with Gasteiger partial charge >= 0.3 is 0 Å². The van der Waals surface area contributed by atoms with Gasteiger partial charge in [-0.05, 0) is 25.1 Å². The minimum atomic E-state index is -0.102. The molecule has 0 fully saturated rings.